The number of aromatic nitrogens is 2. The number of nitrogens with zero attached hydrogens (tertiary/aromatic N) is 3. The quantitative estimate of drug-likeness (QED) is 0.476. The van der Waals surface area contributed by atoms with E-state index in [9.17, 15) is 0 Å². The van der Waals surface area contributed by atoms with Crippen molar-refractivity contribution in [1.82, 2.24) is 20.0 Å². The Kier molecular flexibility index (Phi) is 6.68. The summed E-state index contributed by atoms with van der Waals surface area (Å²) in [5.41, 5.74) is 3.21. The molecule has 0 spiro atoms. The lowest BCUT2D eigenvalue weighted by Crippen LogP contribution is -2.38. The van der Waals surface area contributed by atoms with Crippen LogP contribution in [-0.2, 0) is 12.8 Å². The molecule has 27 heavy (non-hydrogen) atoms. The van der Waals surface area contributed by atoms with Crippen LogP contribution >= 0.6 is 0 Å². The molecular weight excluding hydrogens is 338 g/mol. The Hall–Kier alpha value is -3.02. The van der Waals surface area contributed by atoms with E-state index in [1.54, 1.807) is 7.11 Å². The van der Waals surface area contributed by atoms with E-state index in [1.165, 1.54) is 5.56 Å². The molecule has 0 unspecified atom stereocenters. The number of hydrogen-bond donors (Lipinski definition) is 2. The first kappa shape index (κ1) is 18.8. The third-order valence-electron chi connectivity index (χ3n) is 4.28. The van der Waals surface area contributed by atoms with Crippen LogP contribution in [0.1, 0.15) is 18.2 Å². The monoisotopic (exact) mass is 365 g/mol. The van der Waals surface area contributed by atoms with E-state index in [0.29, 0.717) is 6.54 Å². The van der Waals surface area contributed by atoms with Crippen LogP contribution in [0.25, 0.3) is 5.65 Å². The third kappa shape index (κ3) is 5.23. The van der Waals surface area contributed by atoms with Gasteiger partial charge in [0, 0.05) is 38.4 Å². The average Bonchev–Trinajstić information content (AvgIpc) is 3.11. The molecule has 0 aliphatic heterocycles. The zero-order valence-corrected chi connectivity index (χ0v) is 16.0. The summed E-state index contributed by atoms with van der Waals surface area (Å²) in [6.07, 6.45) is 5.76. The first-order valence-corrected chi connectivity index (χ1v) is 9.37. The number of methoxy groups -OCH3 is 1. The first-order valence-electron chi connectivity index (χ1n) is 9.37. The highest BCUT2D eigenvalue weighted by molar-refractivity contribution is 5.79. The van der Waals surface area contributed by atoms with Gasteiger partial charge in [-0.2, -0.15) is 0 Å². The van der Waals surface area contributed by atoms with Crippen LogP contribution in [0.4, 0.5) is 0 Å². The minimum absolute atomic E-state index is 0.688. The second kappa shape index (κ2) is 9.62. The van der Waals surface area contributed by atoms with Crippen LogP contribution in [0.3, 0.4) is 0 Å². The van der Waals surface area contributed by atoms with Crippen LogP contribution in [0.5, 0.6) is 5.75 Å². The molecule has 0 atom stereocenters. The normalized spacial score (nSPS) is 11.6. The van der Waals surface area contributed by atoms with E-state index >= 15 is 0 Å². The van der Waals surface area contributed by atoms with Gasteiger partial charge in [-0.05, 0) is 37.1 Å². The molecule has 0 amide bonds. The largest absolute Gasteiger partial charge is 0.496 e. The van der Waals surface area contributed by atoms with Gasteiger partial charge in [0.25, 0.3) is 0 Å². The molecular formula is C21H27N5O. The first-order chi connectivity index (χ1) is 13.3. The number of pyridine rings is 1. The fraction of sp³-hybridized carbons (Fsp3) is 0.333. The predicted octanol–water partition coefficient (Wildman–Crippen LogP) is 2.68. The van der Waals surface area contributed by atoms with Crippen molar-refractivity contribution in [3.8, 4) is 5.75 Å². The summed E-state index contributed by atoms with van der Waals surface area (Å²) in [5, 5.41) is 6.68. The van der Waals surface area contributed by atoms with Crippen LogP contribution in [0.2, 0.25) is 0 Å². The lowest BCUT2D eigenvalue weighted by atomic mass is 10.1. The van der Waals surface area contributed by atoms with Crippen LogP contribution in [0, 0.1) is 0 Å². The Balaban J connectivity index is 1.53. The second-order valence-corrected chi connectivity index (χ2v) is 6.20. The topological polar surface area (TPSA) is 63.0 Å². The summed E-state index contributed by atoms with van der Waals surface area (Å²) in [6, 6.07) is 14.1. The summed E-state index contributed by atoms with van der Waals surface area (Å²) < 4.78 is 7.44. The Morgan fingerprint density at radius 3 is 2.78 bits per heavy atom. The summed E-state index contributed by atoms with van der Waals surface area (Å²) >= 11 is 0. The molecule has 0 aliphatic rings. The van der Waals surface area contributed by atoms with E-state index in [1.807, 2.05) is 47.0 Å². The average molecular weight is 365 g/mol. The van der Waals surface area contributed by atoms with Crippen molar-refractivity contribution in [3.63, 3.8) is 0 Å². The molecule has 0 radical (unpaired) electrons. The molecule has 2 aromatic heterocycles. The number of benzene rings is 1. The Labute approximate surface area is 160 Å². The molecule has 0 saturated heterocycles. The lowest BCUT2D eigenvalue weighted by molar-refractivity contribution is 0.409. The highest BCUT2D eigenvalue weighted by Crippen LogP contribution is 2.17. The predicted molar refractivity (Wildman–Crippen MR) is 110 cm³/mol. The standard InChI is InChI=1S/C21H27N5O/c1-3-22-21(23-13-11-17-8-4-5-9-19(17)27-2)24-14-12-18-16-26-15-7-6-10-20(26)25-18/h4-10,15-16H,3,11-14H2,1-2H3,(H2,22,23,24). The minimum Gasteiger partial charge on any atom is -0.496 e. The maximum absolute atomic E-state index is 5.41. The highest BCUT2D eigenvalue weighted by atomic mass is 16.5. The van der Waals surface area contributed by atoms with Crippen molar-refractivity contribution in [3.05, 3.63) is 66.1 Å². The van der Waals surface area contributed by atoms with E-state index in [0.717, 1.165) is 49.0 Å². The second-order valence-electron chi connectivity index (χ2n) is 6.20. The number of imidazole rings is 1. The van der Waals surface area contributed by atoms with E-state index in [-0.39, 0.29) is 0 Å². The van der Waals surface area contributed by atoms with E-state index in [2.05, 4.69) is 39.8 Å². The van der Waals surface area contributed by atoms with E-state index in [4.69, 9.17) is 4.74 Å². The number of hydrogen-bond acceptors (Lipinski definition) is 3. The number of rotatable bonds is 8. The van der Waals surface area contributed by atoms with Gasteiger partial charge >= 0.3 is 0 Å². The number of fused-ring (bicyclic) bond motifs is 1. The summed E-state index contributed by atoms with van der Waals surface area (Å²) in [6.45, 7) is 4.38. The smallest absolute Gasteiger partial charge is 0.191 e. The molecule has 6 heteroatoms. The Morgan fingerprint density at radius 2 is 1.96 bits per heavy atom. The number of nitrogens with one attached hydrogen (secondary N) is 2. The van der Waals surface area contributed by atoms with Gasteiger partial charge in [-0.15, -0.1) is 0 Å². The molecule has 142 valence electrons. The van der Waals surface area contributed by atoms with Gasteiger partial charge in [-0.25, -0.2) is 4.98 Å². The summed E-state index contributed by atoms with van der Waals surface area (Å²) in [4.78, 5) is 9.28. The van der Waals surface area contributed by atoms with Crippen molar-refractivity contribution in [1.29, 1.82) is 0 Å². The SMILES string of the molecule is CCNC(=NCCc1cn2ccccc2n1)NCCc1ccccc1OC. The van der Waals surface area contributed by atoms with Gasteiger partial charge in [-0.1, -0.05) is 24.3 Å². The van der Waals surface area contributed by atoms with Gasteiger partial charge in [0.2, 0.25) is 0 Å². The van der Waals surface area contributed by atoms with Crippen molar-refractivity contribution in [2.24, 2.45) is 4.99 Å². The van der Waals surface area contributed by atoms with Crippen LogP contribution in [-0.4, -0.2) is 42.1 Å². The van der Waals surface area contributed by atoms with Gasteiger partial charge < -0.3 is 19.8 Å². The van der Waals surface area contributed by atoms with Crippen molar-refractivity contribution >= 4 is 11.6 Å². The minimum atomic E-state index is 0.688. The fourth-order valence-corrected chi connectivity index (χ4v) is 2.96. The van der Waals surface area contributed by atoms with Crippen molar-refractivity contribution in [2.45, 2.75) is 19.8 Å². The molecule has 6 nitrogen and oxygen atoms in total. The summed E-state index contributed by atoms with van der Waals surface area (Å²) in [7, 11) is 1.71. The molecule has 3 rings (SSSR count). The van der Waals surface area contributed by atoms with Crippen LogP contribution in [0.15, 0.2) is 59.9 Å². The molecule has 2 heterocycles. The lowest BCUT2D eigenvalue weighted by Gasteiger charge is -2.12. The maximum Gasteiger partial charge on any atom is 0.191 e. The Morgan fingerprint density at radius 1 is 1.11 bits per heavy atom. The number of guanidine groups is 1. The fourth-order valence-electron chi connectivity index (χ4n) is 2.96. The molecule has 3 aromatic rings. The van der Waals surface area contributed by atoms with Gasteiger partial charge in [0.15, 0.2) is 5.96 Å². The molecule has 0 saturated carbocycles. The summed E-state index contributed by atoms with van der Waals surface area (Å²) in [5.74, 6) is 1.75. The zero-order chi connectivity index (χ0) is 18.9. The van der Waals surface area contributed by atoms with Crippen molar-refractivity contribution < 1.29 is 4.74 Å². The zero-order valence-electron chi connectivity index (χ0n) is 16.0. The van der Waals surface area contributed by atoms with Crippen molar-refractivity contribution in [2.75, 3.05) is 26.7 Å². The van der Waals surface area contributed by atoms with Gasteiger partial charge in [0.1, 0.15) is 11.4 Å². The number of aliphatic imine (C=N–C) groups is 1. The molecule has 0 bridgehead atoms. The van der Waals surface area contributed by atoms with E-state index < -0.39 is 0 Å². The van der Waals surface area contributed by atoms with Gasteiger partial charge in [0.05, 0.1) is 12.8 Å². The Bertz CT molecular complexity index is 854. The molecule has 2 N–H and O–H groups in total. The highest BCUT2D eigenvalue weighted by Gasteiger charge is 2.04. The van der Waals surface area contributed by atoms with Gasteiger partial charge in [-0.3, -0.25) is 4.99 Å². The van der Waals surface area contributed by atoms with Crippen LogP contribution < -0.4 is 15.4 Å². The molecule has 1 aromatic carbocycles. The number of para-hydroxylation sites is 1. The molecule has 0 fully saturated rings. The molecule has 0 aliphatic carbocycles. The maximum atomic E-state index is 5.41. The third-order valence-corrected chi connectivity index (χ3v) is 4.28. The number of ether oxygens (including phenoxy) is 1.